The van der Waals surface area contributed by atoms with Crippen LogP contribution in [0.4, 0.5) is 0 Å². The van der Waals surface area contributed by atoms with Gasteiger partial charge in [0.25, 0.3) is 5.91 Å². The lowest BCUT2D eigenvalue weighted by molar-refractivity contribution is -0.121. The first-order valence-corrected chi connectivity index (χ1v) is 8.87. The molecular weight excluding hydrogens is 326 g/mol. The van der Waals surface area contributed by atoms with E-state index in [2.05, 4.69) is 22.4 Å². The van der Waals surface area contributed by atoms with Crippen LogP contribution in [-0.4, -0.2) is 22.8 Å². The van der Waals surface area contributed by atoms with Crippen LogP contribution in [0.15, 0.2) is 48.5 Å². The maximum Gasteiger partial charge on any atom is 0.265 e. The number of amides is 2. The number of hydrogen-bond donors (Lipinski definition) is 3. The molecule has 5 nitrogen and oxygen atoms in total. The van der Waals surface area contributed by atoms with Gasteiger partial charge in [0.05, 0.1) is 0 Å². The molecule has 0 unspecified atom stereocenters. The largest absolute Gasteiger partial charge is 0.364 e. The van der Waals surface area contributed by atoms with Crippen molar-refractivity contribution in [3.63, 3.8) is 0 Å². The summed E-state index contributed by atoms with van der Waals surface area (Å²) in [6.45, 7) is 0. The molecule has 0 fully saturated rings. The number of carbonyl (C=O) groups excluding carboxylic acids is 2. The van der Waals surface area contributed by atoms with Gasteiger partial charge in [-0.1, -0.05) is 42.5 Å². The van der Waals surface area contributed by atoms with Gasteiger partial charge in [-0.15, -0.1) is 0 Å². The zero-order valence-electron chi connectivity index (χ0n) is 14.4. The second-order valence-corrected chi connectivity index (χ2v) is 6.83. The van der Waals surface area contributed by atoms with Gasteiger partial charge in [0.1, 0.15) is 5.69 Å². The van der Waals surface area contributed by atoms with E-state index in [0.717, 1.165) is 29.3 Å². The number of fused-ring (bicyclic) bond motifs is 2. The lowest BCUT2D eigenvalue weighted by Crippen LogP contribution is -2.35. The van der Waals surface area contributed by atoms with Crippen LogP contribution in [0.25, 0.3) is 10.9 Å². The molecule has 26 heavy (non-hydrogen) atoms. The number of aromatic nitrogens is 1. The van der Waals surface area contributed by atoms with E-state index in [0.29, 0.717) is 18.5 Å². The van der Waals surface area contributed by atoms with Gasteiger partial charge in [0.2, 0.25) is 5.91 Å². The third kappa shape index (κ3) is 3.08. The van der Waals surface area contributed by atoms with E-state index in [-0.39, 0.29) is 11.9 Å². The van der Waals surface area contributed by atoms with Gasteiger partial charge in [-0.05, 0) is 42.0 Å². The molecule has 1 heterocycles. The Hall–Kier alpha value is -3.08. The van der Waals surface area contributed by atoms with Crippen LogP contribution in [0, 0.1) is 0 Å². The molecule has 2 amide bonds. The van der Waals surface area contributed by atoms with Gasteiger partial charge in [-0.3, -0.25) is 9.59 Å². The fraction of sp³-hybridized carbons (Fsp3) is 0.238. The normalized spacial score (nSPS) is 13.7. The number of benzene rings is 2. The number of aromatic amines is 1. The number of nitrogens with two attached hydrogens (primary N) is 1. The average molecular weight is 347 g/mol. The van der Waals surface area contributed by atoms with Crippen molar-refractivity contribution in [2.45, 2.75) is 31.7 Å². The topological polar surface area (TPSA) is 88.0 Å². The molecule has 0 spiro atoms. The average Bonchev–Trinajstić information content (AvgIpc) is 3.20. The van der Waals surface area contributed by atoms with Crippen LogP contribution < -0.4 is 11.1 Å². The SMILES string of the molecule is NC(=O)c1[nH]c2ccccc2c1CCC(=O)NC1Cc2ccccc2C1. The maximum atomic E-state index is 12.4. The number of para-hydroxylation sites is 1. The second-order valence-electron chi connectivity index (χ2n) is 6.83. The van der Waals surface area contributed by atoms with Gasteiger partial charge >= 0.3 is 0 Å². The predicted octanol–water partition coefficient (Wildman–Crippen LogP) is 2.48. The summed E-state index contributed by atoms with van der Waals surface area (Å²) in [7, 11) is 0. The zero-order valence-corrected chi connectivity index (χ0v) is 14.4. The highest BCUT2D eigenvalue weighted by Crippen LogP contribution is 2.24. The van der Waals surface area contributed by atoms with Crippen molar-refractivity contribution in [3.05, 3.63) is 70.9 Å². The van der Waals surface area contributed by atoms with Crippen molar-refractivity contribution in [3.8, 4) is 0 Å². The molecule has 0 saturated carbocycles. The minimum absolute atomic E-state index is 0.00325. The summed E-state index contributed by atoms with van der Waals surface area (Å²) < 4.78 is 0. The summed E-state index contributed by atoms with van der Waals surface area (Å²) in [6.07, 6.45) is 2.56. The molecule has 1 aliphatic carbocycles. The van der Waals surface area contributed by atoms with E-state index in [1.165, 1.54) is 11.1 Å². The minimum Gasteiger partial charge on any atom is -0.364 e. The Morgan fingerprint density at radius 3 is 2.38 bits per heavy atom. The molecule has 132 valence electrons. The first-order chi connectivity index (χ1) is 12.6. The summed E-state index contributed by atoms with van der Waals surface area (Å²) in [5.41, 5.74) is 10.2. The summed E-state index contributed by atoms with van der Waals surface area (Å²) >= 11 is 0. The van der Waals surface area contributed by atoms with E-state index >= 15 is 0 Å². The standard InChI is InChI=1S/C21H21N3O2/c22-21(26)20-17(16-7-3-4-8-18(16)24-20)9-10-19(25)23-15-11-13-5-1-2-6-14(13)12-15/h1-8,15,24H,9-12H2,(H2,22,26)(H,23,25). The highest BCUT2D eigenvalue weighted by Gasteiger charge is 2.23. The molecule has 3 aromatic rings. The van der Waals surface area contributed by atoms with E-state index in [1.807, 2.05) is 36.4 Å². The molecule has 0 radical (unpaired) electrons. The van der Waals surface area contributed by atoms with Crippen LogP contribution in [-0.2, 0) is 24.1 Å². The van der Waals surface area contributed by atoms with Crippen LogP contribution in [0.5, 0.6) is 0 Å². The van der Waals surface area contributed by atoms with Crippen molar-refractivity contribution in [2.24, 2.45) is 5.73 Å². The van der Waals surface area contributed by atoms with Crippen molar-refractivity contribution < 1.29 is 9.59 Å². The lowest BCUT2D eigenvalue weighted by atomic mass is 10.0. The lowest BCUT2D eigenvalue weighted by Gasteiger charge is -2.12. The summed E-state index contributed by atoms with van der Waals surface area (Å²) in [5, 5.41) is 4.07. The van der Waals surface area contributed by atoms with Gasteiger partial charge < -0.3 is 16.0 Å². The van der Waals surface area contributed by atoms with E-state index < -0.39 is 5.91 Å². The molecule has 0 saturated heterocycles. The molecule has 0 atom stereocenters. The molecule has 1 aromatic heterocycles. The Morgan fingerprint density at radius 2 is 1.69 bits per heavy atom. The fourth-order valence-electron chi connectivity index (χ4n) is 3.87. The minimum atomic E-state index is -0.497. The van der Waals surface area contributed by atoms with Crippen LogP contribution in [0.1, 0.15) is 33.6 Å². The number of rotatable bonds is 5. The predicted molar refractivity (Wildman–Crippen MR) is 101 cm³/mol. The Kier molecular flexibility index (Phi) is 4.21. The third-order valence-electron chi connectivity index (χ3n) is 5.08. The highest BCUT2D eigenvalue weighted by molar-refractivity contribution is 6.00. The number of primary amides is 1. The molecule has 4 rings (SSSR count). The summed E-state index contributed by atoms with van der Waals surface area (Å²) in [5.74, 6) is -0.494. The van der Waals surface area contributed by atoms with Crippen molar-refractivity contribution in [2.75, 3.05) is 0 Å². The molecule has 5 heteroatoms. The quantitative estimate of drug-likeness (QED) is 0.662. The number of nitrogens with one attached hydrogen (secondary N) is 2. The summed E-state index contributed by atoms with van der Waals surface area (Å²) in [6, 6.07) is 16.1. The van der Waals surface area contributed by atoms with E-state index in [4.69, 9.17) is 5.73 Å². The van der Waals surface area contributed by atoms with Crippen molar-refractivity contribution in [1.82, 2.24) is 10.3 Å². The first-order valence-electron chi connectivity index (χ1n) is 8.87. The fourth-order valence-corrected chi connectivity index (χ4v) is 3.87. The highest BCUT2D eigenvalue weighted by atomic mass is 16.2. The van der Waals surface area contributed by atoms with Gasteiger partial charge in [-0.2, -0.15) is 0 Å². The molecule has 2 aromatic carbocycles. The van der Waals surface area contributed by atoms with Crippen molar-refractivity contribution in [1.29, 1.82) is 0 Å². The van der Waals surface area contributed by atoms with Gasteiger partial charge in [-0.25, -0.2) is 0 Å². The molecule has 0 bridgehead atoms. The molecule has 1 aliphatic rings. The van der Waals surface area contributed by atoms with E-state index in [9.17, 15) is 9.59 Å². The number of aryl methyl sites for hydroxylation is 1. The number of carbonyl (C=O) groups is 2. The van der Waals surface area contributed by atoms with E-state index in [1.54, 1.807) is 0 Å². The summed E-state index contributed by atoms with van der Waals surface area (Å²) in [4.78, 5) is 27.2. The van der Waals surface area contributed by atoms with Gasteiger partial charge in [0, 0.05) is 23.4 Å². The van der Waals surface area contributed by atoms with Crippen LogP contribution in [0.3, 0.4) is 0 Å². The molecular formula is C21H21N3O2. The number of hydrogen-bond acceptors (Lipinski definition) is 2. The Morgan fingerprint density at radius 1 is 1.04 bits per heavy atom. The molecule has 0 aliphatic heterocycles. The van der Waals surface area contributed by atoms with Gasteiger partial charge in [0.15, 0.2) is 0 Å². The first kappa shape index (κ1) is 16.4. The zero-order chi connectivity index (χ0) is 18.1. The Labute approximate surface area is 151 Å². The monoisotopic (exact) mass is 347 g/mol. The Balaban J connectivity index is 1.43. The molecule has 4 N–H and O–H groups in total. The maximum absolute atomic E-state index is 12.4. The smallest absolute Gasteiger partial charge is 0.265 e. The van der Waals surface area contributed by atoms with Crippen LogP contribution >= 0.6 is 0 Å². The van der Waals surface area contributed by atoms with Crippen molar-refractivity contribution >= 4 is 22.7 Å². The Bertz CT molecular complexity index is 965. The van der Waals surface area contributed by atoms with Crippen LogP contribution in [0.2, 0.25) is 0 Å². The third-order valence-corrected chi connectivity index (χ3v) is 5.08. The second kappa shape index (κ2) is 6.67. The number of H-pyrrole nitrogens is 1.